The molecule has 0 unspecified atom stereocenters. The predicted octanol–water partition coefficient (Wildman–Crippen LogP) is 3.24. The summed E-state index contributed by atoms with van der Waals surface area (Å²) >= 11 is 6.03. The number of nitrogens with one attached hydrogen (secondary N) is 1. The van der Waals surface area contributed by atoms with E-state index in [1.807, 2.05) is 25.1 Å². The molecule has 3 N–H and O–H groups in total. The Labute approximate surface area is 110 Å². The monoisotopic (exact) mass is 258 g/mol. The number of anilines is 3. The summed E-state index contributed by atoms with van der Waals surface area (Å²) in [6, 6.07) is 9.16. The van der Waals surface area contributed by atoms with Crippen molar-refractivity contribution in [1.29, 1.82) is 5.26 Å². The van der Waals surface area contributed by atoms with Crippen LogP contribution < -0.4 is 11.1 Å². The number of rotatable bonds is 2. The van der Waals surface area contributed by atoms with Crippen molar-refractivity contribution in [2.24, 2.45) is 0 Å². The van der Waals surface area contributed by atoms with Gasteiger partial charge in [0.15, 0.2) is 5.82 Å². The fourth-order valence-corrected chi connectivity index (χ4v) is 1.64. The van der Waals surface area contributed by atoms with E-state index in [9.17, 15) is 0 Å². The van der Waals surface area contributed by atoms with E-state index in [1.165, 1.54) is 6.20 Å². The van der Waals surface area contributed by atoms with E-state index in [1.54, 1.807) is 12.1 Å². The average molecular weight is 259 g/mol. The number of aryl methyl sites for hydroxylation is 1. The maximum Gasteiger partial charge on any atom is 0.153 e. The lowest BCUT2D eigenvalue weighted by molar-refractivity contribution is 1.29. The minimum atomic E-state index is 0.422. The molecule has 0 atom stereocenters. The highest BCUT2D eigenvalue weighted by molar-refractivity contribution is 6.31. The minimum absolute atomic E-state index is 0.422. The number of benzene rings is 1. The molecule has 0 aliphatic carbocycles. The molecule has 0 saturated carbocycles. The molecular weight excluding hydrogens is 248 g/mol. The van der Waals surface area contributed by atoms with Crippen molar-refractivity contribution in [3.05, 3.63) is 46.6 Å². The SMILES string of the molecule is Cc1ccc(Nc2ncc(C#N)cc2N)cc1Cl. The molecule has 0 bridgehead atoms. The third-order valence-electron chi connectivity index (χ3n) is 2.48. The van der Waals surface area contributed by atoms with Gasteiger partial charge in [0, 0.05) is 16.9 Å². The minimum Gasteiger partial charge on any atom is -0.396 e. The lowest BCUT2D eigenvalue weighted by Gasteiger charge is -2.09. The van der Waals surface area contributed by atoms with Crippen molar-refractivity contribution in [1.82, 2.24) is 4.98 Å². The summed E-state index contributed by atoms with van der Waals surface area (Å²) in [4.78, 5) is 4.09. The third kappa shape index (κ3) is 2.53. The van der Waals surface area contributed by atoms with E-state index in [2.05, 4.69) is 10.3 Å². The molecule has 0 saturated heterocycles. The molecule has 2 rings (SSSR count). The van der Waals surface area contributed by atoms with E-state index >= 15 is 0 Å². The van der Waals surface area contributed by atoms with Gasteiger partial charge < -0.3 is 11.1 Å². The van der Waals surface area contributed by atoms with Crippen molar-refractivity contribution < 1.29 is 0 Å². The molecule has 0 aliphatic heterocycles. The van der Waals surface area contributed by atoms with Crippen LogP contribution in [0, 0.1) is 18.3 Å². The first-order valence-electron chi connectivity index (χ1n) is 5.29. The number of nitrogen functional groups attached to an aromatic ring is 1. The molecule has 0 amide bonds. The molecule has 1 aromatic heterocycles. The Morgan fingerprint density at radius 1 is 1.39 bits per heavy atom. The second kappa shape index (κ2) is 4.94. The molecule has 18 heavy (non-hydrogen) atoms. The maximum atomic E-state index is 8.73. The van der Waals surface area contributed by atoms with Crippen LogP contribution in [0.25, 0.3) is 0 Å². The van der Waals surface area contributed by atoms with Gasteiger partial charge in [-0.2, -0.15) is 5.26 Å². The summed E-state index contributed by atoms with van der Waals surface area (Å²) in [6.45, 7) is 1.93. The van der Waals surface area contributed by atoms with Crippen LogP contribution in [0.15, 0.2) is 30.5 Å². The fourth-order valence-electron chi connectivity index (χ4n) is 1.45. The van der Waals surface area contributed by atoms with Gasteiger partial charge in [-0.1, -0.05) is 17.7 Å². The molecule has 0 aliphatic rings. The van der Waals surface area contributed by atoms with Crippen LogP contribution in [-0.2, 0) is 0 Å². The highest BCUT2D eigenvalue weighted by Crippen LogP contribution is 2.25. The largest absolute Gasteiger partial charge is 0.396 e. The maximum absolute atomic E-state index is 8.73. The van der Waals surface area contributed by atoms with Crippen molar-refractivity contribution in [2.75, 3.05) is 11.1 Å². The zero-order valence-corrected chi connectivity index (χ0v) is 10.5. The summed E-state index contributed by atoms with van der Waals surface area (Å²) in [6.07, 6.45) is 1.47. The van der Waals surface area contributed by atoms with E-state index < -0.39 is 0 Å². The number of nitrogens with two attached hydrogens (primary N) is 1. The zero-order valence-electron chi connectivity index (χ0n) is 9.74. The van der Waals surface area contributed by atoms with E-state index in [-0.39, 0.29) is 0 Å². The molecular formula is C13H11ClN4. The molecule has 0 radical (unpaired) electrons. The van der Waals surface area contributed by atoms with E-state index in [0.717, 1.165) is 11.3 Å². The lowest BCUT2D eigenvalue weighted by atomic mass is 10.2. The Balaban J connectivity index is 2.29. The molecule has 1 heterocycles. The van der Waals surface area contributed by atoms with Crippen LogP contribution in [0.1, 0.15) is 11.1 Å². The molecule has 2 aromatic rings. The highest BCUT2D eigenvalue weighted by atomic mass is 35.5. The van der Waals surface area contributed by atoms with Crippen molar-refractivity contribution in [3.8, 4) is 6.07 Å². The molecule has 0 spiro atoms. The van der Waals surface area contributed by atoms with Crippen molar-refractivity contribution in [2.45, 2.75) is 6.92 Å². The second-order valence-corrected chi connectivity index (χ2v) is 4.27. The first-order valence-corrected chi connectivity index (χ1v) is 5.67. The molecule has 0 fully saturated rings. The van der Waals surface area contributed by atoms with E-state index in [0.29, 0.717) is 22.1 Å². The number of hydrogen-bond acceptors (Lipinski definition) is 4. The summed E-state index contributed by atoms with van der Waals surface area (Å²) in [5, 5.41) is 12.5. The fraction of sp³-hybridized carbons (Fsp3) is 0.0769. The van der Waals surface area contributed by atoms with Gasteiger partial charge in [-0.05, 0) is 30.7 Å². The first kappa shape index (κ1) is 12.2. The van der Waals surface area contributed by atoms with Crippen LogP contribution in [0.4, 0.5) is 17.2 Å². The zero-order chi connectivity index (χ0) is 13.1. The van der Waals surface area contributed by atoms with Crippen LogP contribution in [0.2, 0.25) is 5.02 Å². The second-order valence-electron chi connectivity index (χ2n) is 3.86. The summed E-state index contributed by atoms with van der Waals surface area (Å²) in [7, 11) is 0. The van der Waals surface area contributed by atoms with Crippen molar-refractivity contribution >= 4 is 28.8 Å². The van der Waals surface area contributed by atoms with Crippen LogP contribution in [0.3, 0.4) is 0 Å². The lowest BCUT2D eigenvalue weighted by Crippen LogP contribution is -1.99. The molecule has 1 aromatic carbocycles. The number of nitriles is 1. The highest BCUT2D eigenvalue weighted by Gasteiger charge is 2.04. The average Bonchev–Trinajstić information content (AvgIpc) is 2.36. The van der Waals surface area contributed by atoms with Gasteiger partial charge in [-0.3, -0.25) is 0 Å². The predicted molar refractivity (Wildman–Crippen MR) is 72.8 cm³/mol. The van der Waals surface area contributed by atoms with Crippen LogP contribution in [0.5, 0.6) is 0 Å². The molecule has 5 heteroatoms. The van der Waals surface area contributed by atoms with Gasteiger partial charge in [0.1, 0.15) is 6.07 Å². The Bertz CT molecular complexity index is 631. The summed E-state index contributed by atoms with van der Waals surface area (Å²) in [5.41, 5.74) is 8.46. The number of halogens is 1. The van der Waals surface area contributed by atoms with Gasteiger partial charge in [-0.15, -0.1) is 0 Å². The van der Waals surface area contributed by atoms with Gasteiger partial charge in [0.2, 0.25) is 0 Å². The smallest absolute Gasteiger partial charge is 0.153 e. The van der Waals surface area contributed by atoms with Gasteiger partial charge in [0.25, 0.3) is 0 Å². The van der Waals surface area contributed by atoms with Crippen LogP contribution >= 0.6 is 11.6 Å². The quantitative estimate of drug-likeness (QED) is 0.867. The van der Waals surface area contributed by atoms with Gasteiger partial charge in [-0.25, -0.2) is 4.98 Å². The number of pyridine rings is 1. The van der Waals surface area contributed by atoms with Gasteiger partial charge in [0.05, 0.1) is 11.3 Å². The first-order chi connectivity index (χ1) is 8.60. The Morgan fingerprint density at radius 2 is 2.17 bits per heavy atom. The summed E-state index contributed by atoms with van der Waals surface area (Å²) in [5.74, 6) is 0.508. The number of nitrogens with zero attached hydrogens (tertiary/aromatic N) is 2. The molecule has 90 valence electrons. The Hall–Kier alpha value is -2.25. The van der Waals surface area contributed by atoms with Gasteiger partial charge >= 0.3 is 0 Å². The topological polar surface area (TPSA) is 74.7 Å². The van der Waals surface area contributed by atoms with E-state index in [4.69, 9.17) is 22.6 Å². The summed E-state index contributed by atoms with van der Waals surface area (Å²) < 4.78 is 0. The van der Waals surface area contributed by atoms with Crippen LogP contribution in [-0.4, -0.2) is 4.98 Å². The normalized spacial score (nSPS) is 9.83. The number of hydrogen-bond donors (Lipinski definition) is 2. The standard InChI is InChI=1S/C13H11ClN4/c1-8-2-3-10(5-11(8)14)18-13-12(16)4-9(6-15)7-17-13/h2-5,7H,16H2,1H3,(H,17,18). The Kier molecular flexibility index (Phi) is 3.35. The molecule has 4 nitrogen and oxygen atoms in total. The number of aromatic nitrogens is 1. The third-order valence-corrected chi connectivity index (χ3v) is 2.89. The van der Waals surface area contributed by atoms with Crippen molar-refractivity contribution in [3.63, 3.8) is 0 Å². The Morgan fingerprint density at radius 3 is 2.78 bits per heavy atom.